The summed E-state index contributed by atoms with van der Waals surface area (Å²) < 4.78 is 35.2. The van der Waals surface area contributed by atoms with Crippen LogP contribution in [0, 0.1) is 51.2 Å². The van der Waals surface area contributed by atoms with Crippen molar-refractivity contribution >= 4 is 15.8 Å². The van der Waals surface area contributed by atoms with E-state index in [-0.39, 0.29) is 11.0 Å². The van der Waals surface area contributed by atoms with Crippen molar-refractivity contribution in [1.29, 1.82) is 0 Å². The zero-order chi connectivity index (χ0) is 39.6. The molecule has 0 radical (unpaired) electrons. The lowest BCUT2D eigenvalue weighted by Gasteiger charge is -2.71. The molecular weight excluding hydrogens is 723 g/mol. The fraction of sp³-hybridized carbons (Fsp3) is 0.783. The van der Waals surface area contributed by atoms with Crippen LogP contribution in [0.1, 0.15) is 118 Å². The lowest BCUT2D eigenvalue weighted by atomic mass is 9.34. The topological polar surface area (TPSA) is 118 Å². The van der Waals surface area contributed by atoms with Crippen LogP contribution in [-0.4, -0.2) is 86.3 Å². The number of methoxy groups -OCH3 is 1. The van der Waals surface area contributed by atoms with Crippen LogP contribution in [0.5, 0.6) is 11.6 Å². The summed E-state index contributed by atoms with van der Waals surface area (Å²) in [5.41, 5.74) is 3.27. The molecule has 9 nitrogen and oxygen atoms in total. The van der Waals surface area contributed by atoms with Gasteiger partial charge in [-0.15, -0.1) is 0 Å². The van der Waals surface area contributed by atoms with E-state index in [2.05, 4.69) is 55.0 Å². The zero-order valence-corrected chi connectivity index (χ0v) is 35.7. The third kappa shape index (κ3) is 6.77. The van der Waals surface area contributed by atoms with Crippen LogP contribution >= 0.6 is 0 Å². The number of nitrogens with one attached hydrogen (secondary N) is 1. The first-order chi connectivity index (χ1) is 26.7. The minimum Gasteiger partial charge on any atom is -0.497 e. The SMILES string of the molecule is COc1ccnc(OCCC2(C(=O)O)CC=C(C3=CCC4(C)C(CCC5(C)C4CCC4[C@H]6CCC[C@]6(NCCN6CCS(=O)(=O)CC6)CC[C@]45C)C3C)CC2)c1. The van der Waals surface area contributed by atoms with E-state index in [0.29, 0.717) is 90.7 Å². The van der Waals surface area contributed by atoms with E-state index < -0.39 is 21.2 Å². The Balaban J connectivity index is 0.934. The standard InChI is InChI=1S/C46H69N3O6S/c1-32-35(33-10-18-45(19-11-33,41(50)51)22-28-55-40-31-34(54-5)14-23-47-40)12-16-42(2)36(32)13-17-44(4)39(42)9-8-37-38-7-6-15-46(38,21-20-43(37,44)3)48-24-25-49-26-29-56(52,53)30-27-49/h10,12,14,23,31-32,36-39,48H,6-9,11,13,15-22,24-30H2,1-5H3,(H,50,51)/t32?,36?,37?,38-,39?,42?,43-,44?,45?,46+/m1/s1. The first-order valence-electron chi connectivity index (χ1n) is 22.1. The van der Waals surface area contributed by atoms with Crippen molar-refractivity contribution in [2.75, 3.05) is 51.4 Å². The number of nitrogens with zero attached hydrogens (tertiary/aromatic N) is 2. The summed E-state index contributed by atoms with van der Waals surface area (Å²) in [6, 6.07) is 3.51. The van der Waals surface area contributed by atoms with Crippen LogP contribution in [0.3, 0.4) is 0 Å². The van der Waals surface area contributed by atoms with Gasteiger partial charge in [0.2, 0.25) is 5.88 Å². The van der Waals surface area contributed by atoms with Crippen molar-refractivity contribution in [3.8, 4) is 11.6 Å². The average molecular weight is 792 g/mol. The number of ether oxygens (including phenoxy) is 2. The monoisotopic (exact) mass is 791 g/mol. The van der Waals surface area contributed by atoms with Gasteiger partial charge in [-0.2, -0.15) is 0 Å². The third-order valence-corrected chi connectivity index (χ3v) is 19.7. The summed E-state index contributed by atoms with van der Waals surface area (Å²) in [6.07, 6.45) is 21.9. The van der Waals surface area contributed by atoms with Crippen LogP contribution in [0.25, 0.3) is 0 Å². The quantitative estimate of drug-likeness (QED) is 0.229. The molecule has 0 amide bonds. The van der Waals surface area contributed by atoms with Gasteiger partial charge in [0.1, 0.15) is 5.75 Å². The van der Waals surface area contributed by atoms with E-state index >= 15 is 0 Å². The number of sulfone groups is 1. The maximum Gasteiger partial charge on any atom is 0.310 e. The van der Waals surface area contributed by atoms with E-state index in [1.165, 1.54) is 68.9 Å². The first kappa shape index (κ1) is 40.4. The van der Waals surface area contributed by atoms with Crippen LogP contribution in [0.2, 0.25) is 0 Å². The molecule has 2 N–H and O–H groups in total. The second-order valence-corrected chi connectivity index (χ2v) is 22.4. The highest BCUT2D eigenvalue weighted by molar-refractivity contribution is 7.91. The number of fused-ring (bicyclic) bond motifs is 7. The molecule has 8 rings (SSSR count). The molecule has 56 heavy (non-hydrogen) atoms. The van der Waals surface area contributed by atoms with Crippen LogP contribution < -0.4 is 14.8 Å². The largest absolute Gasteiger partial charge is 0.497 e. The maximum atomic E-state index is 12.7. The van der Waals surface area contributed by atoms with Crippen molar-refractivity contribution in [1.82, 2.24) is 15.2 Å². The molecule has 2 heterocycles. The lowest BCUT2D eigenvalue weighted by molar-refractivity contribution is -0.212. The highest BCUT2D eigenvalue weighted by atomic mass is 32.2. The van der Waals surface area contributed by atoms with Gasteiger partial charge in [-0.05, 0) is 147 Å². The fourth-order valence-electron chi connectivity index (χ4n) is 14.6. The van der Waals surface area contributed by atoms with E-state index in [4.69, 9.17) is 9.47 Å². The van der Waals surface area contributed by atoms with Gasteiger partial charge in [0.15, 0.2) is 9.84 Å². The van der Waals surface area contributed by atoms with Crippen molar-refractivity contribution in [3.63, 3.8) is 0 Å². The minimum absolute atomic E-state index is 0.250. The van der Waals surface area contributed by atoms with Gasteiger partial charge in [-0.25, -0.2) is 13.4 Å². The minimum atomic E-state index is -2.85. The Morgan fingerprint density at radius 1 is 0.964 bits per heavy atom. The molecule has 10 heteroatoms. The lowest BCUT2D eigenvalue weighted by Crippen LogP contribution is -2.67. The number of rotatable bonds is 11. The molecule has 5 fully saturated rings. The fourth-order valence-corrected chi connectivity index (χ4v) is 15.9. The van der Waals surface area contributed by atoms with Crippen molar-refractivity contribution < 1.29 is 27.8 Å². The molecule has 0 bridgehead atoms. The Labute approximate surface area is 336 Å². The summed E-state index contributed by atoms with van der Waals surface area (Å²) >= 11 is 0. The molecule has 6 aliphatic carbocycles. The van der Waals surface area contributed by atoms with Crippen molar-refractivity contribution in [2.45, 2.75) is 123 Å². The number of hydrogen-bond acceptors (Lipinski definition) is 8. The predicted octanol–water partition coefficient (Wildman–Crippen LogP) is 8.11. The molecule has 0 aromatic carbocycles. The van der Waals surface area contributed by atoms with E-state index in [0.717, 1.165) is 37.8 Å². The second-order valence-electron chi connectivity index (χ2n) is 20.1. The summed E-state index contributed by atoms with van der Waals surface area (Å²) in [5, 5.41) is 14.6. The van der Waals surface area contributed by atoms with Gasteiger partial charge in [-0.1, -0.05) is 46.3 Å². The van der Waals surface area contributed by atoms with E-state index in [9.17, 15) is 18.3 Å². The molecule has 4 saturated carbocycles. The molecule has 1 aliphatic heterocycles. The van der Waals surface area contributed by atoms with Gasteiger partial charge in [0.25, 0.3) is 0 Å². The Kier molecular flexibility index (Phi) is 10.8. The second kappa shape index (κ2) is 15.0. The van der Waals surface area contributed by atoms with Gasteiger partial charge in [0.05, 0.1) is 30.6 Å². The van der Waals surface area contributed by atoms with Crippen LogP contribution in [0.4, 0.5) is 0 Å². The summed E-state index contributed by atoms with van der Waals surface area (Å²) in [5.74, 6) is 4.37. The maximum absolute atomic E-state index is 12.7. The highest BCUT2D eigenvalue weighted by Gasteiger charge is 2.68. The number of aromatic nitrogens is 1. The van der Waals surface area contributed by atoms with E-state index in [1.807, 2.05) is 0 Å². The number of allylic oxidation sites excluding steroid dienone is 4. The van der Waals surface area contributed by atoms with Crippen molar-refractivity contribution in [3.05, 3.63) is 41.6 Å². The number of carboxylic acid groups (broad SMARTS) is 1. The zero-order valence-electron chi connectivity index (χ0n) is 34.9. The summed E-state index contributed by atoms with van der Waals surface area (Å²) in [4.78, 5) is 19.4. The smallest absolute Gasteiger partial charge is 0.310 e. The van der Waals surface area contributed by atoms with Crippen molar-refractivity contribution in [2.24, 2.45) is 51.2 Å². The Bertz CT molecular complexity index is 1820. The highest BCUT2D eigenvalue weighted by Crippen LogP contribution is 2.75. The van der Waals surface area contributed by atoms with Gasteiger partial charge < -0.3 is 24.8 Å². The Morgan fingerprint density at radius 2 is 1.77 bits per heavy atom. The molecule has 1 aromatic heterocycles. The molecule has 1 aromatic rings. The molecule has 1 saturated heterocycles. The molecule has 310 valence electrons. The van der Waals surface area contributed by atoms with Crippen LogP contribution in [-0.2, 0) is 14.6 Å². The molecular formula is C46H69N3O6S. The Hall–Kier alpha value is -2.43. The normalized spacial score (nSPS) is 41.9. The number of hydrogen-bond donors (Lipinski definition) is 2. The predicted molar refractivity (Wildman–Crippen MR) is 220 cm³/mol. The van der Waals surface area contributed by atoms with Gasteiger partial charge in [0, 0.05) is 44.0 Å². The van der Waals surface area contributed by atoms with Crippen LogP contribution in [0.15, 0.2) is 41.6 Å². The average Bonchev–Trinajstić information content (AvgIpc) is 3.60. The van der Waals surface area contributed by atoms with E-state index in [1.54, 1.807) is 25.4 Å². The summed E-state index contributed by atoms with van der Waals surface area (Å²) in [7, 11) is -1.24. The van der Waals surface area contributed by atoms with Gasteiger partial charge in [-0.3, -0.25) is 4.79 Å². The summed E-state index contributed by atoms with van der Waals surface area (Å²) in [6.45, 7) is 14.2. The van der Waals surface area contributed by atoms with Gasteiger partial charge >= 0.3 is 5.97 Å². The molecule has 10 atom stereocenters. The third-order valence-electron chi connectivity index (χ3n) is 18.1. The first-order valence-corrected chi connectivity index (χ1v) is 23.9. The molecule has 7 unspecified atom stereocenters. The number of pyridine rings is 1. The number of aliphatic carboxylic acids is 1. The Morgan fingerprint density at radius 3 is 2.50 bits per heavy atom. The number of carbonyl (C=O) groups is 1. The number of carboxylic acids is 1. The molecule has 7 aliphatic rings. The molecule has 0 spiro atoms.